The van der Waals surface area contributed by atoms with Crippen LogP contribution in [0.2, 0.25) is 5.02 Å². The van der Waals surface area contributed by atoms with E-state index in [2.05, 4.69) is 6.07 Å². The monoisotopic (exact) mass is 209 g/mol. The van der Waals surface area contributed by atoms with Crippen molar-refractivity contribution in [1.29, 1.82) is 5.26 Å². The lowest BCUT2D eigenvalue weighted by molar-refractivity contribution is 0.410. The van der Waals surface area contributed by atoms with Gasteiger partial charge in [0.2, 0.25) is 0 Å². The van der Waals surface area contributed by atoms with Gasteiger partial charge in [0.1, 0.15) is 5.75 Å². The van der Waals surface area contributed by atoms with Crippen LogP contribution in [0.4, 0.5) is 0 Å². The van der Waals surface area contributed by atoms with Crippen molar-refractivity contribution in [3.8, 4) is 11.8 Å². The van der Waals surface area contributed by atoms with Gasteiger partial charge in [-0.25, -0.2) is 0 Å². The van der Waals surface area contributed by atoms with Gasteiger partial charge in [-0.05, 0) is 25.0 Å². The van der Waals surface area contributed by atoms with Crippen LogP contribution in [0.3, 0.4) is 0 Å². The summed E-state index contributed by atoms with van der Waals surface area (Å²) in [6.07, 6.45) is 0.323. The van der Waals surface area contributed by atoms with Gasteiger partial charge >= 0.3 is 0 Å². The zero-order chi connectivity index (χ0) is 10.7. The van der Waals surface area contributed by atoms with Crippen LogP contribution in [-0.4, -0.2) is 7.11 Å². The molecule has 0 spiro atoms. The van der Waals surface area contributed by atoms with Crippen molar-refractivity contribution in [2.45, 2.75) is 20.3 Å². The van der Waals surface area contributed by atoms with E-state index in [1.54, 1.807) is 7.11 Å². The van der Waals surface area contributed by atoms with Gasteiger partial charge in [0, 0.05) is 5.56 Å². The number of rotatable bonds is 2. The molecule has 74 valence electrons. The molecule has 0 N–H and O–H groups in total. The highest BCUT2D eigenvalue weighted by Crippen LogP contribution is 2.33. The number of nitrogens with zero attached hydrogens (tertiary/aromatic N) is 1. The number of ether oxygens (including phenoxy) is 1. The third-order valence-corrected chi connectivity index (χ3v) is 2.73. The first kappa shape index (κ1) is 10.9. The molecule has 0 amide bonds. The predicted molar refractivity (Wildman–Crippen MR) is 56.8 cm³/mol. The Bertz CT molecular complexity index is 393. The second-order valence-corrected chi connectivity index (χ2v) is 3.54. The molecular formula is C11H12ClNO. The molecule has 0 heterocycles. The van der Waals surface area contributed by atoms with Crippen LogP contribution in [0, 0.1) is 25.2 Å². The number of hydrogen-bond acceptors (Lipinski definition) is 2. The van der Waals surface area contributed by atoms with Gasteiger partial charge in [-0.1, -0.05) is 17.7 Å². The smallest absolute Gasteiger partial charge is 0.141 e. The minimum Gasteiger partial charge on any atom is -0.495 e. The molecule has 0 atom stereocenters. The van der Waals surface area contributed by atoms with Crippen molar-refractivity contribution in [2.75, 3.05) is 7.11 Å². The van der Waals surface area contributed by atoms with E-state index >= 15 is 0 Å². The number of methoxy groups -OCH3 is 1. The maximum atomic E-state index is 8.64. The average molecular weight is 210 g/mol. The lowest BCUT2D eigenvalue weighted by Crippen LogP contribution is -1.96. The van der Waals surface area contributed by atoms with Crippen molar-refractivity contribution in [1.82, 2.24) is 0 Å². The Kier molecular flexibility index (Phi) is 3.38. The van der Waals surface area contributed by atoms with Crippen molar-refractivity contribution >= 4 is 11.6 Å². The molecule has 3 heteroatoms. The highest BCUT2D eigenvalue weighted by Gasteiger charge is 2.12. The molecule has 1 aromatic carbocycles. The van der Waals surface area contributed by atoms with Crippen LogP contribution in [0.5, 0.6) is 5.75 Å². The van der Waals surface area contributed by atoms with E-state index in [9.17, 15) is 0 Å². The molecule has 0 fully saturated rings. The molecule has 0 saturated heterocycles. The molecule has 1 rings (SSSR count). The summed E-state index contributed by atoms with van der Waals surface area (Å²) in [6.45, 7) is 3.91. The third kappa shape index (κ3) is 1.83. The van der Waals surface area contributed by atoms with E-state index in [0.717, 1.165) is 16.7 Å². The second-order valence-electron chi connectivity index (χ2n) is 3.16. The SMILES string of the molecule is COc1c(CC#N)cc(C)c(C)c1Cl. The van der Waals surface area contributed by atoms with Crippen molar-refractivity contribution in [2.24, 2.45) is 0 Å². The maximum Gasteiger partial charge on any atom is 0.141 e. The van der Waals surface area contributed by atoms with Gasteiger partial charge in [0.15, 0.2) is 0 Å². The Hall–Kier alpha value is -1.20. The van der Waals surface area contributed by atoms with Gasteiger partial charge < -0.3 is 4.74 Å². The molecule has 0 aliphatic carbocycles. The molecule has 0 aliphatic heterocycles. The number of hydrogen-bond donors (Lipinski definition) is 0. The molecule has 2 nitrogen and oxygen atoms in total. The van der Waals surface area contributed by atoms with Crippen LogP contribution >= 0.6 is 11.6 Å². The Morgan fingerprint density at radius 2 is 2.14 bits per heavy atom. The summed E-state index contributed by atoms with van der Waals surface area (Å²) in [4.78, 5) is 0. The molecular weight excluding hydrogens is 198 g/mol. The summed E-state index contributed by atoms with van der Waals surface area (Å²) in [5.74, 6) is 0.622. The van der Waals surface area contributed by atoms with E-state index in [0.29, 0.717) is 17.2 Å². The second kappa shape index (κ2) is 4.34. The minimum atomic E-state index is 0.323. The van der Waals surface area contributed by atoms with E-state index < -0.39 is 0 Å². The highest BCUT2D eigenvalue weighted by molar-refractivity contribution is 6.33. The van der Waals surface area contributed by atoms with Crippen LogP contribution in [0.15, 0.2) is 6.07 Å². The fraction of sp³-hybridized carbons (Fsp3) is 0.364. The quantitative estimate of drug-likeness (QED) is 0.750. The first-order chi connectivity index (χ1) is 6.61. The lowest BCUT2D eigenvalue weighted by Gasteiger charge is -2.12. The van der Waals surface area contributed by atoms with Crippen LogP contribution in [-0.2, 0) is 6.42 Å². The molecule has 0 bridgehead atoms. The topological polar surface area (TPSA) is 33.0 Å². The Labute approximate surface area is 89.1 Å². The zero-order valence-electron chi connectivity index (χ0n) is 8.52. The highest BCUT2D eigenvalue weighted by atomic mass is 35.5. The summed E-state index contributed by atoms with van der Waals surface area (Å²) >= 11 is 6.11. The number of aryl methyl sites for hydroxylation is 1. The van der Waals surface area contributed by atoms with E-state index in [1.165, 1.54) is 0 Å². The summed E-state index contributed by atoms with van der Waals surface area (Å²) in [5, 5.41) is 9.25. The third-order valence-electron chi connectivity index (χ3n) is 2.28. The van der Waals surface area contributed by atoms with Gasteiger partial charge in [0.05, 0.1) is 24.6 Å². The normalized spacial score (nSPS) is 9.64. The standard InChI is InChI=1S/C11H12ClNO/c1-7-6-9(4-5-13)11(14-3)10(12)8(7)2/h6H,4H2,1-3H3. The first-order valence-electron chi connectivity index (χ1n) is 4.31. The fourth-order valence-corrected chi connectivity index (χ4v) is 1.70. The Morgan fingerprint density at radius 1 is 1.50 bits per heavy atom. The number of halogens is 1. The predicted octanol–water partition coefficient (Wildman–Crippen LogP) is 3.03. The van der Waals surface area contributed by atoms with Gasteiger partial charge in [-0.2, -0.15) is 5.26 Å². The van der Waals surface area contributed by atoms with Gasteiger partial charge in [-0.15, -0.1) is 0 Å². The molecule has 1 aromatic rings. The van der Waals surface area contributed by atoms with Gasteiger partial charge in [-0.3, -0.25) is 0 Å². The average Bonchev–Trinajstić information content (AvgIpc) is 2.16. The van der Waals surface area contributed by atoms with Crippen LogP contribution in [0.25, 0.3) is 0 Å². The zero-order valence-corrected chi connectivity index (χ0v) is 9.27. The summed E-state index contributed by atoms with van der Waals surface area (Å²) in [6, 6.07) is 4.04. The van der Waals surface area contributed by atoms with Crippen LogP contribution < -0.4 is 4.74 Å². The lowest BCUT2D eigenvalue weighted by atomic mass is 10.0. The Morgan fingerprint density at radius 3 is 2.64 bits per heavy atom. The molecule has 0 radical (unpaired) electrons. The molecule has 0 aliphatic rings. The molecule has 0 unspecified atom stereocenters. The van der Waals surface area contributed by atoms with Crippen molar-refractivity contribution in [3.05, 3.63) is 27.8 Å². The minimum absolute atomic E-state index is 0.323. The van der Waals surface area contributed by atoms with Crippen LogP contribution in [0.1, 0.15) is 16.7 Å². The first-order valence-corrected chi connectivity index (χ1v) is 4.69. The van der Waals surface area contributed by atoms with Crippen molar-refractivity contribution < 1.29 is 4.74 Å². The molecule has 0 saturated carbocycles. The summed E-state index contributed by atoms with van der Waals surface area (Å²) < 4.78 is 5.18. The van der Waals surface area contributed by atoms with E-state index in [1.807, 2.05) is 19.9 Å². The van der Waals surface area contributed by atoms with E-state index in [-0.39, 0.29) is 0 Å². The summed E-state index contributed by atoms with van der Waals surface area (Å²) in [5.41, 5.74) is 2.94. The summed E-state index contributed by atoms with van der Waals surface area (Å²) in [7, 11) is 1.57. The van der Waals surface area contributed by atoms with E-state index in [4.69, 9.17) is 21.6 Å². The number of benzene rings is 1. The Balaban J connectivity index is 3.37. The largest absolute Gasteiger partial charge is 0.495 e. The molecule has 14 heavy (non-hydrogen) atoms. The fourth-order valence-electron chi connectivity index (χ4n) is 1.36. The van der Waals surface area contributed by atoms with Crippen molar-refractivity contribution in [3.63, 3.8) is 0 Å². The molecule has 0 aromatic heterocycles. The number of nitriles is 1. The maximum absolute atomic E-state index is 8.64. The van der Waals surface area contributed by atoms with Gasteiger partial charge in [0.25, 0.3) is 0 Å².